The fraction of sp³-hybridized carbons (Fsp3) is 0.462. The number of hydrogen-bond donors (Lipinski definition) is 0. The van der Waals surface area contributed by atoms with Gasteiger partial charge in [0.1, 0.15) is 11.6 Å². The van der Waals surface area contributed by atoms with Gasteiger partial charge in [-0.2, -0.15) is 5.26 Å². The van der Waals surface area contributed by atoms with E-state index in [2.05, 4.69) is 22.0 Å². The molecule has 0 unspecified atom stereocenters. The molecule has 0 aliphatic rings. The maximum atomic E-state index is 13.2. The first-order chi connectivity index (χ1) is 7.96. The summed E-state index contributed by atoms with van der Waals surface area (Å²) in [4.78, 5) is 0. The lowest BCUT2D eigenvalue weighted by atomic mass is 9.92. The van der Waals surface area contributed by atoms with Gasteiger partial charge in [0.05, 0.1) is 18.1 Å². The van der Waals surface area contributed by atoms with E-state index in [0.717, 1.165) is 5.56 Å². The molecule has 0 spiro atoms. The second-order valence-electron chi connectivity index (χ2n) is 4.52. The number of nitriles is 1. The van der Waals surface area contributed by atoms with Gasteiger partial charge < -0.3 is 4.74 Å². The highest BCUT2D eigenvalue weighted by atomic mass is 79.9. The molecule has 0 aliphatic carbocycles. The summed E-state index contributed by atoms with van der Waals surface area (Å²) in [6.45, 7) is 4.11. The van der Waals surface area contributed by atoms with Crippen molar-refractivity contribution >= 4 is 15.9 Å². The number of nitrogens with zero attached hydrogens (tertiary/aromatic N) is 1. The lowest BCUT2D eigenvalue weighted by Gasteiger charge is -2.15. The maximum Gasteiger partial charge on any atom is 0.127 e. The van der Waals surface area contributed by atoms with Crippen molar-refractivity contribution in [3.63, 3.8) is 0 Å². The molecule has 92 valence electrons. The van der Waals surface area contributed by atoms with Gasteiger partial charge in [0.25, 0.3) is 0 Å². The molecule has 0 fully saturated rings. The van der Waals surface area contributed by atoms with Gasteiger partial charge in [-0.05, 0) is 38.0 Å². The van der Waals surface area contributed by atoms with E-state index >= 15 is 0 Å². The van der Waals surface area contributed by atoms with Crippen molar-refractivity contribution in [1.82, 2.24) is 0 Å². The smallest absolute Gasteiger partial charge is 0.127 e. The Morgan fingerprint density at radius 1 is 1.41 bits per heavy atom. The molecule has 0 aliphatic heterocycles. The quantitative estimate of drug-likeness (QED) is 0.769. The van der Waals surface area contributed by atoms with E-state index < -0.39 is 5.41 Å². The number of hydrogen-bond acceptors (Lipinski definition) is 2. The van der Waals surface area contributed by atoms with Crippen LogP contribution < -0.4 is 4.74 Å². The van der Waals surface area contributed by atoms with Gasteiger partial charge in [-0.1, -0.05) is 15.9 Å². The Hall–Kier alpha value is -1.08. The predicted molar refractivity (Wildman–Crippen MR) is 68.5 cm³/mol. The first-order valence-corrected chi connectivity index (χ1v) is 6.48. The van der Waals surface area contributed by atoms with Gasteiger partial charge in [0.2, 0.25) is 0 Å². The highest BCUT2D eigenvalue weighted by Crippen LogP contribution is 2.22. The van der Waals surface area contributed by atoms with E-state index in [0.29, 0.717) is 24.1 Å². The van der Waals surface area contributed by atoms with Gasteiger partial charge in [-0.3, -0.25) is 0 Å². The summed E-state index contributed by atoms with van der Waals surface area (Å²) in [6.07, 6.45) is 0.615. The molecular weight excluding hydrogens is 285 g/mol. The van der Waals surface area contributed by atoms with Crippen LogP contribution in [0, 0.1) is 22.6 Å². The fourth-order valence-corrected chi connectivity index (χ4v) is 1.58. The highest BCUT2D eigenvalue weighted by Gasteiger charge is 2.16. The molecular formula is C13H15BrFNO. The summed E-state index contributed by atoms with van der Waals surface area (Å²) in [7, 11) is 0. The van der Waals surface area contributed by atoms with Gasteiger partial charge in [-0.25, -0.2) is 4.39 Å². The first kappa shape index (κ1) is 14.0. The fourth-order valence-electron chi connectivity index (χ4n) is 1.26. The second-order valence-corrected chi connectivity index (χ2v) is 5.08. The largest absolute Gasteiger partial charge is 0.493 e. The number of alkyl halides is 1. The van der Waals surface area contributed by atoms with Crippen LogP contribution in [0.2, 0.25) is 0 Å². The van der Waals surface area contributed by atoms with E-state index in [1.165, 1.54) is 12.1 Å². The molecule has 0 N–H and O–H groups in total. The maximum absolute atomic E-state index is 13.2. The summed E-state index contributed by atoms with van der Waals surface area (Å²) in [5.74, 6) is 0.199. The zero-order chi connectivity index (χ0) is 12.9. The predicted octanol–water partition coefficient (Wildman–Crippen LogP) is 4.04. The van der Waals surface area contributed by atoms with Crippen molar-refractivity contribution in [3.05, 3.63) is 29.6 Å². The molecule has 4 heteroatoms. The van der Waals surface area contributed by atoms with Crippen LogP contribution in [0.3, 0.4) is 0 Å². The minimum Gasteiger partial charge on any atom is -0.493 e. The number of rotatable bonds is 5. The Bertz CT molecular complexity index is 426. The van der Waals surface area contributed by atoms with E-state index in [9.17, 15) is 4.39 Å². The molecule has 0 atom stereocenters. The molecule has 1 aromatic rings. The third kappa shape index (κ3) is 4.74. The van der Waals surface area contributed by atoms with Gasteiger partial charge in [0, 0.05) is 11.4 Å². The van der Waals surface area contributed by atoms with Crippen LogP contribution in [0.5, 0.6) is 5.75 Å². The Labute approximate surface area is 110 Å². The number of ether oxygens (including phenoxy) is 1. The number of halogens is 2. The van der Waals surface area contributed by atoms with E-state index in [1.54, 1.807) is 6.07 Å². The van der Waals surface area contributed by atoms with Gasteiger partial charge in [-0.15, -0.1) is 0 Å². The summed E-state index contributed by atoms with van der Waals surface area (Å²) >= 11 is 3.27. The standard InChI is InChI=1S/C13H15BrFNO/c1-13(2,9-16)3-4-17-12-6-10(8-14)5-11(15)7-12/h5-7H,3-4,8H2,1-2H3. The van der Waals surface area contributed by atoms with Crippen LogP contribution in [0.15, 0.2) is 18.2 Å². The van der Waals surface area contributed by atoms with Crippen molar-refractivity contribution in [2.75, 3.05) is 6.61 Å². The molecule has 0 saturated carbocycles. The normalized spacial score (nSPS) is 11.0. The van der Waals surface area contributed by atoms with Crippen LogP contribution in [-0.2, 0) is 5.33 Å². The van der Waals surface area contributed by atoms with Crippen molar-refractivity contribution < 1.29 is 9.13 Å². The first-order valence-electron chi connectivity index (χ1n) is 5.36. The SMILES string of the molecule is CC(C)(C#N)CCOc1cc(F)cc(CBr)c1. The van der Waals surface area contributed by atoms with Crippen molar-refractivity contribution in [2.45, 2.75) is 25.6 Å². The molecule has 0 heterocycles. The number of benzene rings is 1. The topological polar surface area (TPSA) is 33.0 Å². The Morgan fingerprint density at radius 2 is 2.12 bits per heavy atom. The lowest BCUT2D eigenvalue weighted by Crippen LogP contribution is -2.13. The van der Waals surface area contributed by atoms with Crippen LogP contribution in [0.4, 0.5) is 4.39 Å². The van der Waals surface area contributed by atoms with Crippen molar-refractivity contribution in [1.29, 1.82) is 5.26 Å². The zero-order valence-electron chi connectivity index (χ0n) is 9.96. The highest BCUT2D eigenvalue weighted by molar-refractivity contribution is 9.08. The molecule has 17 heavy (non-hydrogen) atoms. The zero-order valence-corrected chi connectivity index (χ0v) is 11.6. The van der Waals surface area contributed by atoms with E-state index in [4.69, 9.17) is 10.00 Å². The second kappa shape index (κ2) is 6.02. The summed E-state index contributed by atoms with van der Waals surface area (Å²) in [5.41, 5.74) is 0.422. The average molecular weight is 300 g/mol. The lowest BCUT2D eigenvalue weighted by molar-refractivity contribution is 0.263. The summed E-state index contributed by atoms with van der Waals surface area (Å²) in [6, 6.07) is 6.80. The van der Waals surface area contributed by atoms with Crippen LogP contribution in [0.25, 0.3) is 0 Å². The average Bonchev–Trinajstić information content (AvgIpc) is 2.28. The van der Waals surface area contributed by atoms with E-state index in [1.807, 2.05) is 13.8 Å². The molecule has 0 bridgehead atoms. The summed E-state index contributed by atoms with van der Waals surface area (Å²) in [5, 5.41) is 9.43. The van der Waals surface area contributed by atoms with Crippen molar-refractivity contribution in [2.24, 2.45) is 5.41 Å². The Morgan fingerprint density at radius 3 is 2.71 bits per heavy atom. The molecule has 1 rings (SSSR count). The molecule has 0 saturated heterocycles. The van der Waals surface area contributed by atoms with Gasteiger partial charge in [0.15, 0.2) is 0 Å². The third-order valence-corrected chi connectivity index (χ3v) is 3.03. The van der Waals surface area contributed by atoms with Gasteiger partial charge >= 0.3 is 0 Å². The Balaban J connectivity index is 2.58. The molecule has 0 aromatic heterocycles. The molecule has 1 aromatic carbocycles. The monoisotopic (exact) mass is 299 g/mol. The summed E-state index contributed by atoms with van der Waals surface area (Å²) < 4.78 is 18.6. The molecule has 2 nitrogen and oxygen atoms in total. The van der Waals surface area contributed by atoms with Crippen LogP contribution >= 0.6 is 15.9 Å². The van der Waals surface area contributed by atoms with E-state index in [-0.39, 0.29) is 5.82 Å². The van der Waals surface area contributed by atoms with Crippen LogP contribution in [-0.4, -0.2) is 6.61 Å². The van der Waals surface area contributed by atoms with Crippen molar-refractivity contribution in [3.8, 4) is 11.8 Å². The Kier molecular flexibility index (Phi) is 4.95. The molecule has 0 amide bonds. The minimum absolute atomic E-state index is 0.309. The molecule has 0 radical (unpaired) electrons. The van der Waals surface area contributed by atoms with Crippen LogP contribution in [0.1, 0.15) is 25.8 Å². The minimum atomic E-state index is -0.411. The third-order valence-electron chi connectivity index (χ3n) is 2.38.